The van der Waals surface area contributed by atoms with Gasteiger partial charge in [0, 0.05) is 41.5 Å². The molecule has 154 valence electrons. The van der Waals surface area contributed by atoms with Crippen LogP contribution in [0.1, 0.15) is 34.4 Å². The maximum Gasteiger partial charge on any atom is 0.192 e. The molecule has 4 heterocycles. The second-order valence-corrected chi connectivity index (χ2v) is 7.90. The summed E-state index contributed by atoms with van der Waals surface area (Å²) >= 11 is 1.39. The van der Waals surface area contributed by atoms with Crippen molar-refractivity contribution in [1.29, 1.82) is 0 Å². The van der Waals surface area contributed by atoms with Crippen LogP contribution in [-0.2, 0) is 13.1 Å². The Labute approximate surface area is 179 Å². The Morgan fingerprint density at radius 1 is 1.17 bits per heavy atom. The number of carbonyl (C=O) groups is 1. The number of rotatable bonds is 8. The number of ketones is 1. The summed E-state index contributed by atoms with van der Waals surface area (Å²) in [5, 5.41) is 9.38. The average molecular weight is 422 g/mol. The molecule has 0 spiro atoms. The molecule has 0 saturated carbocycles. The zero-order valence-electron chi connectivity index (χ0n) is 17.2. The fraction of sp³-hybridized carbons (Fsp3) is 0.273. The molecule has 8 heteroatoms. The molecule has 0 atom stereocenters. The topological polar surface area (TPSA) is 78.7 Å². The van der Waals surface area contributed by atoms with Crippen LogP contribution in [0.25, 0.3) is 11.4 Å². The molecule has 30 heavy (non-hydrogen) atoms. The highest BCUT2D eigenvalue weighted by atomic mass is 32.2. The van der Waals surface area contributed by atoms with E-state index in [1.807, 2.05) is 48.7 Å². The third kappa shape index (κ3) is 3.95. The van der Waals surface area contributed by atoms with E-state index in [9.17, 15) is 4.79 Å². The lowest BCUT2D eigenvalue weighted by molar-refractivity contribution is 0.102. The van der Waals surface area contributed by atoms with Crippen molar-refractivity contribution in [2.45, 2.75) is 39.0 Å². The number of hydrogen-bond acceptors (Lipinski definition) is 6. The Kier molecular flexibility index (Phi) is 5.85. The minimum Gasteiger partial charge on any atom is -0.467 e. The number of aryl methyl sites for hydroxylation is 1. The largest absolute Gasteiger partial charge is 0.467 e. The molecule has 0 amide bonds. The number of pyridine rings is 1. The van der Waals surface area contributed by atoms with Crippen LogP contribution in [-0.4, -0.2) is 35.9 Å². The van der Waals surface area contributed by atoms with E-state index in [0.717, 1.165) is 34.8 Å². The van der Waals surface area contributed by atoms with E-state index >= 15 is 0 Å². The van der Waals surface area contributed by atoms with Crippen molar-refractivity contribution in [1.82, 2.24) is 24.3 Å². The van der Waals surface area contributed by atoms with Crippen LogP contribution in [0.5, 0.6) is 0 Å². The summed E-state index contributed by atoms with van der Waals surface area (Å²) in [4.78, 5) is 17.1. The SMILES string of the molecule is CCn1c(C)cc(C(=O)CSc2nnc(-c3cccnc3)n2Cc2ccco2)c1C. The smallest absolute Gasteiger partial charge is 0.192 e. The van der Waals surface area contributed by atoms with Crippen LogP contribution in [0.4, 0.5) is 0 Å². The summed E-state index contributed by atoms with van der Waals surface area (Å²) in [6.07, 6.45) is 5.11. The lowest BCUT2D eigenvalue weighted by Crippen LogP contribution is -2.08. The highest BCUT2D eigenvalue weighted by Gasteiger charge is 2.19. The van der Waals surface area contributed by atoms with Crippen LogP contribution in [0.2, 0.25) is 0 Å². The first-order valence-electron chi connectivity index (χ1n) is 9.77. The summed E-state index contributed by atoms with van der Waals surface area (Å²) in [5.41, 5.74) is 3.74. The van der Waals surface area contributed by atoms with E-state index in [1.54, 1.807) is 18.7 Å². The molecule has 0 aliphatic rings. The molecule has 0 aliphatic heterocycles. The van der Waals surface area contributed by atoms with E-state index in [1.165, 1.54) is 11.8 Å². The predicted molar refractivity (Wildman–Crippen MR) is 116 cm³/mol. The van der Waals surface area contributed by atoms with Crippen LogP contribution in [0.3, 0.4) is 0 Å². The average Bonchev–Trinajstić information content (AvgIpc) is 3.47. The van der Waals surface area contributed by atoms with Gasteiger partial charge in [0.1, 0.15) is 5.76 Å². The summed E-state index contributed by atoms with van der Waals surface area (Å²) in [5.74, 6) is 1.86. The number of nitrogens with zero attached hydrogens (tertiary/aromatic N) is 5. The Morgan fingerprint density at radius 3 is 2.70 bits per heavy atom. The molecule has 0 unspecified atom stereocenters. The number of furan rings is 1. The second-order valence-electron chi connectivity index (χ2n) is 6.95. The van der Waals surface area contributed by atoms with Gasteiger partial charge in [-0.25, -0.2) is 0 Å². The van der Waals surface area contributed by atoms with Gasteiger partial charge in [-0.05, 0) is 51.1 Å². The van der Waals surface area contributed by atoms with Crippen molar-refractivity contribution in [2.75, 3.05) is 5.75 Å². The lowest BCUT2D eigenvalue weighted by Gasteiger charge is -2.09. The molecule has 0 aliphatic carbocycles. The van der Waals surface area contributed by atoms with Crippen LogP contribution in [0.15, 0.2) is 58.6 Å². The zero-order valence-corrected chi connectivity index (χ0v) is 18.0. The highest BCUT2D eigenvalue weighted by molar-refractivity contribution is 7.99. The van der Waals surface area contributed by atoms with Gasteiger partial charge in [0.15, 0.2) is 16.8 Å². The molecule has 0 fully saturated rings. The van der Waals surface area contributed by atoms with Crippen LogP contribution >= 0.6 is 11.8 Å². The first-order valence-corrected chi connectivity index (χ1v) is 10.8. The first kappa shape index (κ1) is 20.2. The van der Waals surface area contributed by atoms with Crippen LogP contribution < -0.4 is 0 Å². The van der Waals surface area contributed by atoms with Crippen molar-refractivity contribution >= 4 is 17.5 Å². The quantitative estimate of drug-likeness (QED) is 0.310. The Balaban J connectivity index is 1.59. The van der Waals surface area contributed by atoms with Gasteiger partial charge in [-0.2, -0.15) is 0 Å². The zero-order chi connectivity index (χ0) is 21.1. The van der Waals surface area contributed by atoms with E-state index in [0.29, 0.717) is 17.5 Å². The Hall–Kier alpha value is -3.13. The fourth-order valence-corrected chi connectivity index (χ4v) is 4.40. The normalized spacial score (nSPS) is 11.2. The van der Waals surface area contributed by atoms with Gasteiger partial charge < -0.3 is 8.98 Å². The molecule has 0 aromatic carbocycles. The molecule has 7 nitrogen and oxygen atoms in total. The fourth-order valence-electron chi connectivity index (χ4n) is 3.58. The van der Waals surface area contributed by atoms with Gasteiger partial charge in [-0.3, -0.25) is 14.3 Å². The first-order chi connectivity index (χ1) is 14.6. The molecule has 4 aromatic heterocycles. The summed E-state index contributed by atoms with van der Waals surface area (Å²) in [6, 6.07) is 9.53. The maximum absolute atomic E-state index is 12.9. The molecule has 0 saturated heterocycles. The van der Waals surface area contributed by atoms with Crippen molar-refractivity contribution in [3.63, 3.8) is 0 Å². The number of hydrogen-bond donors (Lipinski definition) is 0. The van der Waals surface area contributed by atoms with Gasteiger partial charge >= 0.3 is 0 Å². The molecular formula is C22H23N5O2S. The van der Waals surface area contributed by atoms with E-state index in [-0.39, 0.29) is 11.5 Å². The predicted octanol–water partition coefficient (Wildman–Crippen LogP) is 4.39. The maximum atomic E-state index is 12.9. The van der Waals surface area contributed by atoms with Crippen molar-refractivity contribution in [3.05, 3.63) is 71.7 Å². The third-order valence-corrected chi connectivity index (χ3v) is 6.02. The van der Waals surface area contributed by atoms with Gasteiger partial charge in [-0.15, -0.1) is 10.2 Å². The molecule has 0 bridgehead atoms. The minimum atomic E-state index is 0.0864. The monoisotopic (exact) mass is 421 g/mol. The summed E-state index contributed by atoms with van der Waals surface area (Å²) in [6.45, 7) is 7.43. The number of thioether (sulfide) groups is 1. The van der Waals surface area contributed by atoms with E-state index in [2.05, 4.69) is 26.7 Å². The highest BCUT2D eigenvalue weighted by Crippen LogP contribution is 2.26. The second kappa shape index (κ2) is 8.71. The van der Waals surface area contributed by atoms with E-state index < -0.39 is 0 Å². The molecule has 0 radical (unpaired) electrons. The van der Waals surface area contributed by atoms with E-state index in [4.69, 9.17) is 4.42 Å². The molecule has 4 rings (SSSR count). The van der Waals surface area contributed by atoms with Gasteiger partial charge in [0.25, 0.3) is 0 Å². The lowest BCUT2D eigenvalue weighted by atomic mass is 10.2. The summed E-state index contributed by atoms with van der Waals surface area (Å²) in [7, 11) is 0. The van der Waals surface area contributed by atoms with Crippen LogP contribution in [0, 0.1) is 13.8 Å². The number of carbonyl (C=O) groups excluding carboxylic acids is 1. The minimum absolute atomic E-state index is 0.0864. The van der Waals surface area contributed by atoms with Crippen molar-refractivity contribution in [3.8, 4) is 11.4 Å². The number of Topliss-reactive ketones (excluding diaryl/α,β-unsaturated/α-hetero) is 1. The Morgan fingerprint density at radius 2 is 2.03 bits per heavy atom. The van der Waals surface area contributed by atoms with Gasteiger partial charge in [0.2, 0.25) is 0 Å². The van der Waals surface area contributed by atoms with Crippen molar-refractivity contribution in [2.24, 2.45) is 0 Å². The van der Waals surface area contributed by atoms with Crippen molar-refractivity contribution < 1.29 is 9.21 Å². The van der Waals surface area contributed by atoms with Gasteiger partial charge in [-0.1, -0.05) is 11.8 Å². The standard InChI is InChI=1S/C22H23N5O2S/c1-4-26-15(2)11-19(16(26)3)20(28)14-30-22-25-24-21(17-7-5-9-23-12-17)27(22)13-18-8-6-10-29-18/h5-12H,4,13-14H2,1-3H3. The molecule has 0 N–H and O–H groups in total. The number of aromatic nitrogens is 5. The van der Waals surface area contributed by atoms with Gasteiger partial charge in [0.05, 0.1) is 18.6 Å². The summed E-state index contributed by atoms with van der Waals surface area (Å²) < 4.78 is 9.63. The Bertz CT molecular complexity index is 1150. The third-order valence-electron chi connectivity index (χ3n) is 5.05. The molecular weight excluding hydrogens is 398 g/mol. The molecule has 4 aromatic rings.